The van der Waals surface area contributed by atoms with E-state index in [4.69, 9.17) is 0 Å². The predicted molar refractivity (Wildman–Crippen MR) is 285 cm³/mol. The van der Waals surface area contributed by atoms with E-state index in [1.54, 1.807) is 0 Å². The minimum Gasteiger partial charge on any atom is -0.310 e. The third kappa shape index (κ3) is 6.13. The summed E-state index contributed by atoms with van der Waals surface area (Å²) in [5, 5.41) is 4.85. The van der Waals surface area contributed by atoms with Crippen LogP contribution in [0.1, 0.15) is 22.3 Å². The summed E-state index contributed by atoms with van der Waals surface area (Å²) in [6.45, 7) is 0. The fourth-order valence-corrected chi connectivity index (χ4v) is 11.2. The number of anilines is 6. The molecule has 3 heteroatoms. The molecule has 0 atom stereocenters. The van der Waals surface area contributed by atoms with Crippen LogP contribution < -0.4 is 9.80 Å². The first-order valence-electron chi connectivity index (χ1n) is 23.4. The highest BCUT2D eigenvalue weighted by molar-refractivity contribution is 6.18. The van der Waals surface area contributed by atoms with E-state index in [0.717, 1.165) is 50.8 Å². The Morgan fingerprint density at radius 1 is 0.324 bits per heavy atom. The third-order valence-electron chi connectivity index (χ3n) is 14.0. The van der Waals surface area contributed by atoms with E-state index in [0.29, 0.717) is 0 Å². The van der Waals surface area contributed by atoms with Gasteiger partial charge in [-0.25, -0.2) is 0 Å². The maximum atomic E-state index is 2.46. The molecule has 0 saturated heterocycles. The van der Waals surface area contributed by atoms with Crippen molar-refractivity contribution in [1.82, 2.24) is 4.57 Å². The molecule has 11 aromatic carbocycles. The molecule has 68 heavy (non-hydrogen) atoms. The molecular weight excluding hydrogens is 823 g/mol. The molecule has 0 N–H and O–H groups in total. The van der Waals surface area contributed by atoms with Gasteiger partial charge in [0.15, 0.2) is 0 Å². The van der Waals surface area contributed by atoms with Crippen LogP contribution in [0, 0.1) is 0 Å². The molecule has 1 aliphatic rings. The average Bonchev–Trinajstić information content (AvgIpc) is 3.91. The van der Waals surface area contributed by atoms with Crippen LogP contribution in [0.2, 0.25) is 0 Å². The molecule has 1 aromatic heterocycles. The van der Waals surface area contributed by atoms with Crippen molar-refractivity contribution in [3.8, 4) is 16.8 Å². The van der Waals surface area contributed by atoms with Gasteiger partial charge in [-0.3, -0.25) is 0 Å². The summed E-state index contributed by atoms with van der Waals surface area (Å²) in [5.41, 5.74) is 16.9. The van der Waals surface area contributed by atoms with Crippen LogP contribution in [0.4, 0.5) is 34.1 Å². The molecule has 0 amide bonds. The maximum absolute atomic E-state index is 2.46. The van der Waals surface area contributed by atoms with Crippen molar-refractivity contribution in [2.45, 2.75) is 5.41 Å². The normalized spacial score (nSPS) is 12.5. The highest BCUT2D eigenvalue weighted by Gasteiger charge is 2.47. The molecule has 1 heterocycles. The first-order valence-corrected chi connectivity index (χ1v) is 23.4. The van der Waals surface area contributed by atoms with Crippen molar-refractivity contribution in [3.05, 3.63) is 295 Å². The van der Waals surface area contributed by atoms with Crippen molar-refractivity contribution in [2.75, 3.05) is 9.80 Å². The van der Waals surface area contributed by atoms with Gasteiger partial charge in [0.1, 0.15) is 0 Å². The molecule has 3 nitrogen and oxygen atoms in total. The minimum absolute atomic E-state index is 0.540. The monoisotopic (exact) mass is 867 g/mol. The van der Waals surface area contributed by atoms with E-state index in [1.165, 1.54) is 54.9 Å². The Hall–Kier alpha value is -8.92. The molecule has 0 fully saturated rings. The summed E-state index contributed by atoms with van der Waals surface area (Å²) in [6, 6.07) is 99.9. The second-order valence-corrected chi connectivity index (χ2v) is 17.6. The summed E-state index contributed by atoms with van der Waals surface area (Å²) in [4.78, 5) is 4.89. The molecule has 0 spiro atoms. The van der Waals surface area contributed by atoms with Gasteiger partial charge in [0.2, 0.25) is 0 Å². The molecule has 1 aliphatic carbocycles. The molecular formula is C65H45N3. The van der Waals surface area contributed by atoms with Gasteiger partial charge in [-0.2, -0.15) is 0 Å². The number of aromatic nitrogens is 1. The zero-order chi connectivity index (χ0) is 45.0. The van der Waals surface area contributed by atoms with Gasteiger partial charge in [0, 0.05) is 39.2 Å². The second-order valence-electron chi connectivity index (χ2n) is 17.6. The topological polar surface area (TPSA) is 11.4 Å². The lowest BCUT2D eigenvalue weighted by atomic mass is 9.67. The first kappa shape index (κ1) is 39.4. The van der Waals surface area contributed by atoms with Gasteiger partial charge >= 0.3 is 0 Å². The Morgan fingerprint density at radius 3 is 1.44 bits per heavy atom. The maximum Gasteiger partial charge on any atom is 0.0713 e. The largest absolute Gasteiger partial charge is 0.310 e. The number of nitrogens with zero attached hydrogens (tertiary/aromatic N) is 3. The van der Waals surface area contributed by atoms with Crippen LogP contribution >= 0.6 is 0 Å². The van der Waals surface area contributed by atoms with Crippen molar-refractivity contribution in [2.24, 2.45) is 0 Å². The number of benzene rings is 11. The summed E-state index contributed by atoms with van der Waals surface area (Å²) >= 11 is 0. The SMILES string of the molecule is c1ccc(N(c2ccc3c(c2)-c2c(ccc4ccccc24)C3(c2ccccc2)c2ccccc2)c2cc(N(c3ccccc3)c3ccccc3)c3c4ccccc4n(-c4ccccc4)c3c2)cc1. The number of fused-ring (bicyclic) bond motifs is 8. The lowest BCUT2D eigenvalue weighted by Gasteiger charge is -2.34. The lowest BCUT2D eigenvalue weighted by Crippen LogP contribution is -2.28. The van der Waals surface area contributed by atoms with Gasteiger partial charge < -0.3 is 14.4 Å². The molecule has 0 bridgehead atoms. The van der Waals surface area contributed by atoms with Crippen molar-refractivity contribution < 1.29 is 0 Å². The Bertz CT molecular complexity index is 3690. The predicted octanol–water partition coefficient (Wildman–Crippen LogP) is 17.2. The van der Waals surface area contributed by atoms with Gasteiger partial charge in [-0.05, 0) is 123 Å². The van der Waals surface area contributed by atoms with Crippen molar-refractivity contribution in [1.29, 1.82) is 0 Å². The molecule has 0 aliphatic heterocycles. The van der Waals surface area contributed by atoms with E-state index in [2.05, 4.69) is 287 Å². The number of para-hydroxylation sites is 5. The molecule has 12 aromatic rings. The Kier molecular flexibility index (Phi) is 9.40. The Labute approximate surface area is 396 Å². The van der Waals surface area contributed by atoms with E-state index in [-0.39, 0.29) is 0 Å². The molecule has 0 saturated carbocycles. The summed E-state index contributed by atoms with van der Waals surface area (Å²) in [6.07, 6.45) is 0. The third-order valence-corrected chi connectivity index (χ3v) is 14.0. The van der Waals surface area contributed by atoms with Crippen molar-refractivity contribution >= 4 is 66.7 Å². The lowest BCUT2D eigenvalue weighted by molar-refractivity contribution is 0.769. The van der Waals surface area contributed by atoms with Crippen LogP contribution in [0.3, 0.4) is 0 Å². The molecule has 13 rings (SSSR count). The average molecular weight is 868 g/mol. The smallest absolute Gasteiger partial charge is 0.0713 e. The van der Waals surface area contributed by atoms with Crippen LogP contribution in [0.15, 0.2) is 273 Å². The fourth-order valence-electron chi connectivity index (χ4n) is 11.2. The summed E-state index contributed by atoms with van der Waals surface area (Å²) in [5.74, 6) is 0. The second kappa shape index (κ2) is 16.2. The molecule has 0 unspecified atom stereocenters. The highest BCUT2D eigenvalue weighted by Crippen LogP contribution is 2.59. The first-order chi connectivity index (χ1) is 33.8. The van der Waals surface area contributed by atoms with E-state index >= 15 is 0 Å². The Balaban J connectivity index is 1.14. The van der Waals surface area contributed by atoms with Crippen LogP contribution in [-0.2, 0) is 5.41 Å². The van der Waals surface area contributed by atoms with Crippen LogP contribution in [0.25, 0.3) is 49.4 Å². The molecule has 320 valence electrons. The minimum atomic E-state index is -0.540. The fraction of sp³-hybridized carbons (Fsp3) is 0.0154. The van der Waals surface area contributed by atoms with Gasteiger partial charge in [0.25, 0.3) is 0 Å². The van der Waals surface area contributed by atoms with Crippen molar-refractivity contribution in [3.63, 3.8) is 0 Å². The van der Waals surface area contributed by atoms with Crippen LogP contribution in [0.5, 0.6) is 0 Å². The van der Waals surface area contributed by atoms with E-state index < -0.39 is 5.41 Å². The quantitative estimate of drug-likeness (QED) is 0.143. The number of rotatable bonds is 9. The Morgan fingerprint density at radius 2 is 0.824 bits per heavy atom. The van der Waals surface area contributed by atoms with Gasteiger partial charge in [-0.1, -0.05) is 194 Å². The van der Waals surface area contributed by atoms with E-state index in [1.807, 2.05) is 0 Å². The van der Waals surface area contributed by atoms with Gasteiger partial charge in [0.05, 0.1) is 27.8 Å². The zero-order valence-corrected chi connectivity index (χ0v) is 37.3. The molecule has 0 radical (unpaired) electrons. The standard InChI is InChI=1S/C65H45N3/c1-7-24-47(25-8-1)65(48-26-9-2-10-27-48)58-42-40-53(43-57(58)63-55-36-20-19-23-46(55)39-41-59(63)65)66(49-28-11-3-12-29-49)54-44-61(67(50-30-13-4-14-31-50)51-32-15-5-16-33-51)64-56-37-21-22-38-60(56)68(62(64)45-54)52-34-17-6-18-35-52/h1-45H. The summed E-state index contributed by atoms with van der Waals surface area (Å²) < 4.78 is 2.44. The van der Waals surface area contributed by atoms with Gasteiger partial charge in [-0.15, -0.1) is 0 Å². The van der Waals surface area contributed by atoms with Crippen LogP contribution in [-0.4, -0.2) is 4.57 Å². The number of hydrogen-bond acceptors (Lipinski definition) is 2. The van der Waals surface area contributed by atoms with E-state index in [9.17, 15) is 0 Å². The highest BCUT2D eigenvalue weighted by atomic mass is 15.2. The zero-order valence-electron chi connectivity index (χ0n) is 37.3. The number of hydrogen-bond donors (Lipinski definition) is 0. The summed E-state index contributed by atoms with van der Waals surface area (Å²) in [7, 11) is 0.